The summed E-state index contributed by atoms with van der Waals surface area (Å²) in [6.45, 7) is 2.65. The fraction of sp³-hybridized carbons (Fsp3) is 0.320. The van der Waals surface area contributed by atoms with E-state index in [1.165, 1.54) is 21.3 Å². The van der Waals surface area contributed by atoms with Crippen molar-refractivity contribution in [3.8, 4) is 11.5 Å². The van der Waals surface area contributed by atoms with Crippen LogP contribution in [0.3, 0.4) is 0 Å². The summed E-state index contributed by atoms with van der Waals surface area (Å²) in [5.41, 5.74) is 3.19. The minimum atomic E-state index is -0.384. The summed E-state index contributed by atoms with van der Waals surface area (Å²) in [4.78, 5) is 32.3. The van der Waals surface area contributed by atoms with Gasteiger partial charge < -0.3 is 24.4 Å². The molecule has 1 fully saturated rings. The maximum Gasteiger partial charge on any atom is 0.338 e. The fourth-order valence-corrected chi connectivity index (χ4v) is 5.10. The van der Waals surface area contributed by atoms with Crippen molar-refractivity contribution in [2.24, 2.45) is 4.99 Å². The molecule has 0 spiro atoms. The van der Waals surface area contributed by atoms with Gasteiger partial charge in [-0.1, -0.05) is 23.9 Å². The number of methoxy groups -OCH3 is 3. The summed E-state index contributed by atoms with van der Waals surface area (Å²) in [6.07, 6.45) is 1.01. The lowest BCUT2D eigenvalue weighted by Crippen LogP contribution is -2.42. The number of thioether (sulfide) groups is 1. The minimum absolute atomic E-state index is 0.282. The zero-order valence-corrected chi connectivity index (χ0v) is 20.4. The average molecular weight is 482 g/mol. The van der Waals surface area contributed by atoms with Gasteiger partial charge in [0.25, 0.3) is 5.91 Å². The summed E-state index contributed by atoms with van der Waals surface area (Å²) in [5.74, 6) is 1.40. The van der Waals surface area contributed by atoms with Gasteiger partial charge in [-0.3, -0.25) is 4.79 Å². The molecule has 1 amide bonds. The normalized spacial score (nSPS) is 17.5. The third kappa shape index (κ3) is 4.75. The third-order valence-corrected chi connectivity index (χ3v) is 6.84. The van der Waals surface area contributed by atoms with Gasteiger partial charge in [0.2, 0.25) is 0 Å². The summed E-state index contributed by atoms with van der Waals surface area (Å²) in [7, 11) is 4.46. The first-order valence-corrected chi connectivity index (χ1v) is 11.8. The van der Waals surface area contributed by atoms with Crippen molar-refractivity contribution in [3.05, 3.63) is 64.9 Å². The molecule has 2 aromatic carbocycles. The zero-order valence-electron chi connectivity index (χ0n) is 19.6. The Labute approximate surface area is 203 Å². The highest BCUT2D eigenvalue weighted by atomic mass is 32.2. The lowest BCUT2D eigenvalue weighted by molar-refractivity contribution is -0.136. The number of esters is 1. The molecule has 8 nitrogen and oxygen atoms in total. The van der Waals surface area contributed by atoms with Crippen molar-refractivity contribution in [3.63, 3.8) is 0 Å². The van der Waals surface area contributed by atoms with Crippen LogP contribution in [0.1, 0.15) is 35.3 Å². The van der Waals surface area contributed by atoms with E-state index in [0.29, 0.717) is 34.0 Å². The van der Waals surface area contributed by atoms with Gasteiger partial charge >= 0.3 is 5.97 Å². The number of hydrogen-bond acceptors (Lipinski definition) is 8. The number of carbonyl (C=O) groups is 2. The lowest BCUT2D eigenvalue weighted by atomic mass is 9.94. The van der Waals surface area contributed by atoms with Gasteiger partial charge in [0.15, 0.2) is 5.17 Å². The Morgan fingerprint density at radius 3 is 2.35 bits per heavy atom. The molecule has 2 aliphatic rings. The first-order chi connectivity index (χ1) is 16.4. The summed E-state index contributed by atoms with van der Waals surface area (Å²) >= 11 is 1.70. The van der Waals surface area contributed by atoms with E-state index in [1.54, 1.807) is 30.0 Å². The van der Waals surface area contributed by atoms with Crippen LogP contribution >= 0.6 is 11.8 Å². The molecule has 178 valence electrons. The third-order valence-electron chi connectivity index (χ3n) is 5.76. The Morgan fingerprint density at radius 1 is 1.06 bits per heavy atom. The molecule has 1 atom stereocenters. The number of nitrogens with zero attached hydrogens (tertiary/aromatic N) is 2. The summed E-state index contributed by atoms with van der Waals surface area (Å²) in [6, 6.07) is 12.2. The number of fused-ring (bicyclic) bond motifs is 1. The number of benzene rings is 2. The molecule has 34 heavy (non-hydrogen) atoms. The quantitative estimate of drug-likeness (QED) is 0.617. The van der Waals surface area contributed by atoms with Gasteiger partial charge in [0.05, 0.1) is 38.6 Å². The van der Waals surface area contributed by atoms with E-state index in [1.807, 2.05) is 31.2 Å². The van der Waals surface area contributed by atoms with E-state index in [0.717, 1.165) is 29.4 Å². The van der Waals surface area contributed by atoms with Gasteiger partial charge in [-0.2, -0.15) is 0 Å². The van der Waals surface area contributed by atoms with Crippen molar-refractivity contribution in [1.29, 1.82) is 0 Å². The Hall–Kier alpha value is -3.46. The first kappa shape index (κ1) is 23.7. The van der Waals surface area contributed by atoms with E-state index in [4.69, 9.17) is 14.2 Å². The number of allylic oxidation sites excluding steroid dienone is 1. The number of rotatable bonds is 6. The molecule has 0 aliphatic carbocycles. The highest BCUT2D eigenvalue weighted by molar-refractivity contribution is 8.13. The maximum absolute atomic E-state index is 12.8. The highest BCUT2D eigenvalue weighted by Crippen LogP contribution is 2.40. The van der Waals surface area contributed by atoms with Gasteiger partial charge in [0, 0.05) is 29.6 Å². The van der Waals surface area contributed by atoms with Crippen LogP contribution in [0.2, 0.25) is 0 Å². The van der Waals surface area contributed by atoms with Crippen molar-refractivity contribution in [1.82, 2.24) is 4.90 Å². The monoisotopic (exact) mass is 481 g/mol. The largest absolute Gasteiger partial charge is 0.497 e. The van der Waals surface area contributed by atoms with Gasteiger partial charge in [-0.25, -0.2) is 9.79 Å². The summed E-state index contributed by atoms with van der Waals surface area (Å²) in [5, 5.41) is 3.83. The van der Waals surface area contributed by atoms with Crippen LogP contribution < -0.4 is 14.8 Å². The lowest BCUT2D eigenvalue weighted by Gasteiger charge is -2.40. The SMILES string of the molecule is COC(=O)C1=C(C)N=C2SCCCN2C1c1ccc(NC(=O)c2cc(OC)cc(OC)c2)cc1. The Morgan fingerprint density at radius 2 is 1.74 bits per heavy atom. The van der Waals surface area contributed by atoms with Crippen molar-refractivity contribution >= 4 is 34.5 Å². The maximum atomic E-state index is 12.8. The molecule has 0 aromatic heterocycles. The smallest absolute Gasteiger partial charge is 0.338 e. The number of aliphatic imine (C=N–C) groups is 1. The molecule has 2 heterocycles. The van der Waals surface area contributed by atoms with Crippen LogP contribution in [0.15, 0.2) is 58.7 Å². The Kier molecular flexibility index (Phi) is 7.12. The molecular weight excluding hydrogens is 454 g/mol. The second kappa shape index (κ2) is 10.2. The number of amides is 1. The molecule has 9 heteroatoms. The number of amidine groups is 1. The van der Waals surface area contributed by atoms with Crippen molar-refractivity contribution < 1.29 is 23.8 Å². The van der Waals surface area contributed by atoms with E-state index in [9.17, 15) is 9.59 Å². The number of ether oxygens (including phenoxy) is 3. The van der Waals surface area contributed by atoms with Crippen LogP contribution in [0.4, 0.5) is 5.69 Å². The topological polar surface area (TPSA) is 89.5 Å². The molecule has 1 unspecified atom stereocenters. The standard InChI is InChI=1S/C25H27N3O5S/c1-15-21(24(30)33-4)22(28-10-5-11-34-25(28)26-15)16-6-8-18(9-7-16)27-23(29)17-12-19(31-2)14-20(13-17)32-3/h6-9,12-14,22H,5,10-11H2,1-4H3,(H,27,29). The molecule has 2 aliphatic heterocycles. The summed E-state index contributed by atoms with van der Waals surface area (Å²) < 4.78 is 15.6. The first-order valence-electron chi connectivity index (χ1n) is 10.9. The van der Waals surface area contributed by atoms with Crippen molar-refractivity contribution in [2.75, 3.05) is 38.9 Å². The molecule has 2 aromatic rings. The molecule has 1 saturated heterocycles. The predicted octanol–water partition coefficient (Wildman–Crippen LogP) is 4.25. The van der Waals surface area contributed by atoms with Gasteiger partial charge in [-0.05, 0) is 43.2 Å². The van der Waals surface area contributed by atoms with E-state index in [-0.39, 0.29) is 17.9 Å². The number of carbonyl (C=O) groups excluding carboxylic acids is 2. The molecule has 0 bridgehead atoms. The number of hydrogen-bond donors (Lipinski definition) is 1. The van der Waals surface area contributed by atoms with Crippen LogP contribution in [0.5, 0.6) is 11.5 Å². The minimum Gasteiger partial charge on any atom is -0.497 e. The molecule has 0 saturated carbocycles. The van der Waals surface area contributed by atoms with Gasteiger partial charge in [0.1, 0.15) is 11.5 Å². The van der Waals surface area contributed by atoms with E-state index < -0.39 is 0 Å². The second-order valence-electron chi connectivity index (χ2n) is 7.86. The average Bonchev–Trinajstić information content (AvgIpc) is 2.87. The molecular formula is C25H27N3O5S. The van der Waals surface area contributed by atoms with Crippen LogP contribution in [0, 0.1) is 0 Å². The Bertz CT molecular complexity index is 1140. The molecule has 4 rings (SSSR count). The van der Waals surface area contributed by atoms with Crippen molar-refractivity contribution in [2.45, 2.75) is 19.4 Å². The predicted molar refractivity (Wildman–Crippen MR) is 133 cm³/mol. The van der Waals surface area contributed by atoms with E-state index in [2.05, 4.69) is 15.2 Å². The second-order valence-corrected chi connectivity index (χ2v) is 8.92. The van der Waals surface area contributed by atoms with Gasteiger partial charge in [-0.15, -0.1) is 0 Å². The highest BCUT2D eigenvalue weighted by Gasteiger charge is 2.37. The fourth-order valence-electron chi connectivity index (χ4n) is 4.08. The zero-order chi connectivity index (χ0) is 24.2. The molecule has 1 N–H and O–H groups in total. The number of nitrogens with one attached hydrogen (secondary N) is 1. The van der Waals surface area contributed by atoms with Crippen LogP contribution in [-0.4, -0.2) is 55.6 Å². The van der Waals surface area contributed by atoms with E-state index >= 15 is 0 Å². The number of anilines is 1. The van der Waals surface area contributed by atoms with Crippen LogP contribution in [-0.2, 0) is 9.53 Å². The van der Waals surface area contributed by atoms with Crippen LogP contribution in [0.25, 0.3) is 0 Å². The Balaban J connectivity index is 1.60. The molecule has 0 radical (unpaired) electrons.